The predicted octanol–water partition coefficient (Wildman–Crippen LogP) is 5.19. The summed E-state index contributed by atoms with van der Waals surface area (Å²) in [5.74, 6) is -1.17. The molecule has 1 aliphatic rings. The van der Waals surface area contributed by atoms with Crippen LogP contribution in [0.25, 0.3) is 16.5 Å². The molecule has 196 valence electrons. The third kappa shape index (κ3) is 4.70. The Kier molecular flexibility index (Phi) is 6.58. The first-order valence-corrected chi connectivity index (χ1v) is 12.2. The number of para-hydroxylation sites is 1. The van der Waals surface area contributed by atoms with Crippen LogP contribution in [0.15, 0.2) is 83.7 Å². The molecule has 5 rings (SSSR count). The van der Waals surface area contributed by atoms with Crippen LogP contribution in [0.4, 0.5) is 13.2 Å². The number of pyridine rings is 1. The smallest absolute Gasteiger partial charge is 0.416 e. The molecule has 0 amide bonds. The van der Waals surface area contributed by atoms with E-state index in [0.717, 1.165) is 12.1 Å². The van der Waals surface area contributed by atoms with Gasteiger partial charge in [0.05, 0.1) is 22.4 Å². The lowest BCUT2D eigenvalue weighted by Gasteiger charge is -2.39. The van der Waals surface area contributed by atoms with Gasteiger partial charge in [0, 0.05) is 36.1 Å². The SMILES string of the molecule is O=C(O)c1c(CN2CCC(O)(c3cccc(C(F)(F)F)c3)CC2)n(-c2ccccc2)c(=O)c2ccccc12. The number of fused-ring (bicyclic) bond motifs is 1. The molecule has 1 aliphatic heterocycles. The lowest BCUT2D eigenvalue weighted by atomic mass is 9.83. The summed E-state index contributed by atoms with van der Waals surface area (Å²) in [6.07, 6.45) is -4.21. The van der Waals surface area contributed by atoms with E-state index < -0.39 is 23.3 Å². The second-order valence-corrected chi connectivity index (χ2v) is 9.53. The fourth-order valence-electron chi connectivity index (χ4n) is 5.20. The van der Waals surface area contributed by atoms with Crippen LogP contribution in [0, 0.1) is 0 Å². The summed E-state index contributed by atoms with van der Waals surface area (Å²) in [5.41, 5.74) is -1.57. The number of halogens is 3. The van der Waals surface area contributed by atoms with Crippen molar-refractivity contribution in [3.8, 4) is 5.69 Å². The molecule has 4 aromatic rings. The van der Waals surface area contributed by atoms with Crippen molar-refractivity contribution in [2.24, 2.45) is 0 Å². The maximum absolute atomic E-state index is 13.6. The molecular weight excluding hydrogens is 497 g/mol. The number of aromatic carboxylic acids is 1. The van der Waals surface area contributed by atoms with E-state index in [1.54, 1.807) is 54.6 Å². The molecule has 6 nitrogen and oxygen atoms in total. The first-order chi connectivity index (χ1) is 18.1. The Hall–Kier alpha value is -3.95. The molecule has 1 saturated heterocycles. The van der Waals surface area contributed by atoms with E-state index in [4.69, 9.17) is 0 Å². The van der Waals surface area contributed by atoms with Crippen LogP contribution in [-0.2, 0) is 18.3 Å². The Bertz CT molecular complexity index is 1560. The number of piperidine rings is 1. The highest BCUT2D eigenvalue weighted by Crippen LogP contribution is 2.37. The monoisotopic (exact) mass is 522 g/mol. The number of nitrogens with zero attached hydrogens (tertiary/aromatic N) is 2. The highest BCUT2D eigenvalue weighted by molar-refractivity contribution is 6.04. The largest absolute Gasteiger partial charge is 0.478 e. The Balaban J connectivity index is 1.52. The zero-order valence-corrected chi connectivity index (χ0v) is 20.3. The van der Waals surface area contributed by atoms with E-state index in [-0.39, 0.29) is 41.5 Å². The molecule has 0 bridgehead atoms. The molecule has 0 saturated carbocycles. The van der Waals surface area contributed by atoms with Gasteiger partial charge in [-0.3, -0.25) is 14.3 Å². The summed E-state index contributed by atoms with van der Waals surface area (Å²) in [7, 11) is 0. The average molecular weight is 523 g/mol. The van der Waals surface area contributed by atoms with Gasteiger partial charge in [0.25, 0.3) is 5.56 Å². The van der Waals surface area contributed by atoms with E-state index in [2.05, 4.69) is 0 Å². The maximum Gasteiger partial charge on any atom is 0.416 e. The van der Waals surface area contributed by atoms with Crippen LogP contribution >= 0.6 is 0 Å². The normalized spacial score (nSPS) is 16.0. The summed E-state index contributed by atoms with van der Waals surface area (Å²) in [4.78, 5) is 28.0. The molecular formula is C29H25F3N2O4. The highest BCUT2D eigenvalue weighted by atomic mass is 19.4. The van der Waals surface area contributed by atoms with Crippen molar-refractivity contribution in [1.82, 2.24) is 9.47 Å². The number of aliphatic hydroxyl groups is 1. The van der Waals surface area contributed by atoms with E-state index in [9.17, 15) is 33.0 Å². The number of carboxylic acid groups (broad SMARTS) is 1. The zero-order chi connectivity index (χ0) is 27.1. The number of carboxylic acids is 1. The number of hydrogen-bond donors (Lipinski definition) is 2. The van der Waals surface area contributed by atoms with Gasteiger partial charge in [0.2, 0.25) is 0 Å². The Labute approximate surface area is 216 Å². The van der Waals surface area contributed by atoms with Crippen LogP contribution in [0.1, 0.15) is 40.0 Å². The topological polar surface area (TPSA) is 82.8 Å². The van der Waals surface area contributed by atoms with Crippen LogP contribution in [-0.4, -0.2) is 38.7 Å². The molecule has 0 radical (unpaired) electrons. The van der Waals surface area contributed by atoms with Gasteiger partial charge in [-0.1, -0.05) is 48.5 Å². The number of carbonyl (C=O) groups is 1. The zero-order valence-electron chi connectivity index (χ0n) is 20.3. The van der Waals surface area contributed by atoms with Crippen molar-refractivity contribution in [2.45, 2.75) is 31.2 Å². The fourth-order valence-corrected chi connectivity index (χ4v) is 5.20. The standard InChI is InChI=1S/C29H25F3N2O4/c30-29(31,32)20-8-6-7-19(17-20)28(38)13-15-33(16-14-28)18-24-25(27(36)37)22-11-4-5-12-23(22)26(35)34(24)21-9-2-1-3-10-21/h1-12,17,38H,13-16,18H2,(H,36,37). The number of alkyl halides is 3. The van der Waals surface area contributed by atoms with Crippen molar-refractivity contribution >= 4 is 16.7 Å². The van der Waals surface area contributed by atoms with Crippen LogP contribution in [0.5, 0.6) is 0 Å². The summed E-state index contributed by atoms with van der Waals surface area (Å²) in [6, 6.07) is 20.1. The molecule has 9 heteroatoms. The highest BCUT2D eigenvalue weighted by Gasteiger charge is 2.37. The van der Waals surface area contributed by atoms with E-state index in [1.165, 1.54) is 16.7 Å². The fraction of sp³-hybridized carbons (Fsp3) is 0.241. The number of rotatable bonds is 5. The minimum absolute atomic E-state index is 0.0165. The second-order valence-electron chi connectivity index (χ2n) is 9.53. The van der Waals surface area contributed by atoms with E-state index >= 15 is 0 Å². The number of hydrogen-bond acceptors (Lipinski definition) is 4. The van der Waals surface area contributed by atoms with Gasteiger partial charge in [0.15, 0.2) is 0 Å². The van der Waals surface area contributed by atoms with Crippen molar-refractivity contribution < 1.29 is 28.2 Å². The molecule has 3 aromatic carbocycles. The van der Waals surface area contributed by atoms with Crippen molar-refractivity contribution in [3.05, 3.63) is 112 Å². The lowest BCUT2D eigenvalue weighted by Crippen LogP contribution is -2.43. The lowest BCUT2D eigenvalue weighted by molar-refractivity contribution is -0.137. The summed E-state index contributed by atoms with van der Waals surface area (Å²) < 4.78 is 41.1. The maximum atomic E-state index is 13.6. The van der Waals surface area contributed by atoms with Crippen LogP contribution in [0.3, 0.4) is 0 Å². The van der Waals surface area contributed by atoms with Gasteiger partial charge in [0.1, 0.15) is 0 Å². The summed E-state index contributed by atoms with van der Waals surface area (Å²) >= 11 is 0. The first-order valence-electron chi connectivity index (χ1n) is 12.2. The number of benzene rings is 3. The molecule has 1 aromatic heterocycles. The molecule has 38 heavy (non-hydrogen) atoms. The third-order valence-electron chi connectivity index (χ3n) is 7.20. The van der Waals surface area contributed by atoms with Crippen molar-refractivity contribution in [1.29, 1.82) is 0 Å². The molecule has 2 heterocycles. The average Bonchev–Trinajstić information content (AvgIpc) is 2.90. The molecule has 0 spiro atoms. The summed E-state index contributed by atoms with van der Waals surface area (Å²) in [5, 5.41) is 22.1. The molecule has 0 atom stereocenters. The Morgan fingerprint density at radius 1 is 0.895 bits per heavy atom. The molecule has 2 N–H and O–H groups in total. The summed E-state index contributed by atoms with van der Waals surface area (Å²) in [6.45, 7) is 0.693. The van der Waals surface area contributed by atoms with Gasteiger partial charge in [-0.15, -0.1) is 0 Å². The van der Waals surface area contributed by atoms with Gasteiger partial charge in [-0.25, -0.2) is 4.79 Å². The number of aromatic nitrogens is 1. The Morgan fingerprint density at radius 2 is 1.53 bits per heavy atom. The molecule has 1 fully saturated rings. The van der Waals surface area contributed by atoms with Crippen molar-refractivity contribution in [2.75, 3.05) is 13.1 Å². The minimum Gasteiger partial charge on any atom is -0.478 e. The first kappa shape index (κ1) is 25.7. The second kappa shape index (κ2) is 9.74. The Morgan fingerprint density at radius 3 is 2.16 bits per heavy atom. The van der Waals surface area contributed by atoms with Gasteiger partial charge in [-0.2, -0.15) is 13.2 Å². The van der Waals surface area contributed by atoms with Crippen molar-refractivity contribution in [3.63, 3.8) is 0 Å². The minimum atomic E-state index is -4.52. The third-order valence-corrected chi connectivity index (χ3v) is 7.20. The predicted molar refractivity (Wildman–Crippen MR) is 136 cm³/mol. The van der Waals surface area contributed by atoms with E-state index in [0.29, 0.717) is 29.9 Å². The molecule has 0 aliphatic carbocycles. The number of likely N-dealkylation sites (tertiary alicyclic amines) is 1. The van der Waals surface area contributed by atoms with Gasteiger partial charge < -0.3 is 10.2 Å². The quantitative estimate of drug-likeness (QED) is 0.377. The molecule has 0 unspecified atom stereocenters. The van der Waals surface area contributed by atoms with Crippen LogP contribution in [0.2, 0.25) is 0 Å². The van der Waals surface area contributed by atoms with Gasteiger partial charge >= 0.3 is 12.1 Å². The van der Waals surface area contributed by atoms with Gasteiger partial charge in [-0.05, 0) is 48.7 Å². The van der Waals surface area contributed by atoms with E-state index in [1.807, 2.05) is 4.90 Å². The van der Waals surface area contributed by atoms with Crippen LogP contribution < -0.4 is 5.56 Å².